The molecular formula is C22H26BrN3O3. The minimum atomic E-state index is -1.03. The number of likely N-dealkylation sites (tertiary alicyclic amines) is 1. The average molecular weight is 460 g/mol. The molecule has 2 aromatic carbocycles. The van der Waals surface area contributed by atoms with Gasteiger partial charge in [0.2, 0.25) is 5.91 Å². The molecule has 4 N–H and O–H groups in total. The normalized spacial score (nSPS) is 26.1. The molecule has 7 heteroatoms. The molecule has 3 atom stereocenters. The lowest BCUT2D eigenvalue weighted by molar-refractivity contribution is -0.127. The van der Waals surface area contributed by atoms with E-state index in [1.54, 1.807) is 6.07 Å². The molecule has 1 saturated carbocycles. The number of amides is 2. The second-order valence-electron chi connectivity index (χ2n) is 9.28. The third-order valence-electron chi connectivity index (χ3n) is 6.96. The number of benzene rings is 2. The molecule has 4 rings (SSSR count). The second-order valence-corrected chi connectivity index (χ2v) is 10.2. The highest BCUT2D eigenvalue weighted by atomic mass is 79.9. The molecule has 1 aliphatic carbocycles. The molecule has 1 aliphatic heterocycles. The molecule has 2 amide bonds. The molecule has 2 aromatic rings. The van der Waals surface area contributed by atoms with Gasteiger partial charge in [-0.1, -0.05) is 48.8 Å². The predicted molar refractivity (Wildman–Crippen MR) is 118 cm³/mol. The number of hydrogen-bond donors (Lipinski definition) is 3. The van der Waals surface area contributed by atoms with E-state index in [1.807, 2.05) is 24.3 Å². The number of fused-ring (bicyclic) bond motifs is 3. The lowest BCUT2D eigenvalue weighted by Gasteiger charge is -2.47. The van der Waals surface area contributed by atoms with E-state index in [0.717, 1.165) is 34.5 Å². The maximum Gasteiger partial charge on any atom is 0.408 e. The van der Waals surface area contributed by atoms with Crippen LogP contribution in [0.15, 0.2) is 34.8 Å². The van der Waals surface area contributed by atoms with E-state index >= 15 is 0 Å². The first-order valence-corrected chi connectivity index (χ1v) is 10.6. The van der Waals surface area contributed by atoms with Crippen molar-refractivity contribution in [3.8, 4) is 0 Å². The van der Waals surface area contributed by atoms with Crippen LogP contribution in [0.2, 0.25) is 0 Å². The topological polar surface area (TPSA) is 95.7 Å². The van der Waals surface area contributed by atoms with E-state index in [4.69, 9.17) is 5.73 Å². The summed E-state index contributed by atoms with van der Waals surface area (Å²) in [7, 11) is 0. The van der Waals surface area contributed by atoms with Crippen molar-refractivity contribution in [1.29, 1.82) is 0 Å². The van der Waals surface area contributed by atoms with Crippen molar-refractivity contribution < 1.29 is 14.7 Å². The fourth-order valence-electron chi connectivity index (χ4n) is 5.38. The number of nitrogens with two attached hydrogens (primary N) is 1. The van der Waals surface area contributed by atoms with Crippen LogP contribution >= 0.6 is 15.9 Å². The molecular weight excluding hydrogens is 434 g/mol. The Morgan fingerprint density at radius 1 is 1.28 bits per heavy atom. The van der Waals surface area contributed by atoms with Crippen molar-refractivity contribution in [1.82, 2.24) is 4.90 Å². The summed E-state index contributed by atoms with van der Waals surface area (Å²) >= 11 is 3.45. The number of nitrogen functional groups attached to an aromatic ring is 1. The Kier molecular flexibility index (Phi) is 4.57. The highest BCUT2D eigenvalue weighted by Crippen LogP contribution is 2.61. The Morgan fingerprint density at radius 3 is 2.66 bits per heavy atom. The predicted octanol–water partition coefficient (Wildman–Crippen LogP) is 5.07. The van der Waals surface area contributed by atoms with Gasteiger partial charge in [0, 0.05) is 21.3 Å². The highest BCUT2D eigenvalue weighted by molar-refractivity contribution is 9.10. The second kappa shape index (κ2) is 6.62. The van der Waals surface area contributed by atoms with E-state index in [1.165, 1.54) is 4.90 Å². The van der Waals surface area contributed by atoms with Gasteiger partial charge in [-0.25, -0.2) is 4.79 Å². The largest absolute Gasteiger partial charge is 0.465 e. The van der Waals surface area contributed by atoms with Gasteiger partial charge in [-0.3, -0.25) is 9.69 Å². The van der Waals surface area contributed by atoms with Crippen molar-refractivity contribution in [3.63, 3.8) is 0 Å². The lowest BCUT2D eigenvalue weighted by atomic mass is 9.61. The van der Waals surface area contributed by atoms with Crippen molar-refractivity contribution in [2.24, 2.45) is 10.8 Å². The summed E-state index contributed by atoms with van der Waals surface area (Å²) in [6.45, 7) is 6.30. The van der Waals surface area contributed by atoms with Crippen molar-refractivity contribution in [2.75, 3.05) is 11.1 Å². The summed E-state index contributed by atoms with van der Waals surface area (Å²) in [5.41, 5.74) is 6.77. The Bertz CT molecular complexity index is 1020. The van der Waals surface area contributed by atoms with Gasteiger partial charge in [0.1, 0.15) is 6.04 Å². The summed E-state index contributed by atoms with van der Waals surface area (Å²) in [5, 5.41) is 14.6. The molecule has 154 valence electrons. The Hall–Kier alpha value is -2.28. The number of rotatable bonds is 2. The van der Waals surface area contributed by atoms with E-state index < -0.39 is 12.1 Å². The number of carbonyl (C=O) groups excluding carboxylic acids is 1. The van der Waals surface area contributed by atoms with Gasteiger partial charge in [0.25, 0.3) is 0 Å². The number of nitrogens with zero attached hydrogens (tertiary/aromatic N) is 1. The van der Waals surface area contributed by atoms with Crippen LogP contribution in [0.3, 0.4) is 0 Å². The highest BCUT2D eigenvalue weighted by Gasteiger charge is 2.65. The van der Waals surface area contributed by atoms with Crippen LogP contribution in [0.4, 0.5) is 16.2 Å². The minimum Gasteiger partial charge on any atom is -0.465 e. The van der Waals surface area contributed by atoms with Crippen LogP contribution in [0.1, 0.15) is 40.0 Å². The number of hydrogen-bond acceptors (Lipinski definition) is 3. The summed E-state index contributed by atoms with van der Waals surface area (Å²) in [5.74, 6) is -0.298. The van der Waals surface area contributed by atoms with Gasteiger partial charge in [0.15, 0.2) is 0 Å². The zero-order valence-electron chi connectivity index (χ0n) is 16.8. The summed E-state index contributed by atoms with van der Waals surface area (Å²) in [6, 6.07) is 8.63. The standard InChI is InChI=1S/C22H26BrN3O3/c1-21(2,3)22-9-8-14(11-22)26(20(28)29)18(22)19(27)25-16-7-4-12-10-13(23)5-6-15(12)17(16)24/h4-7,10,14,18H,8-9,11,24H2,1-3H3,(H,25,27)(H,28,29)/t14-,18+,22?/m0/s1. The van der Waals surface area contributed by atoms with Crippen LogP contribution in [-0.4, -0.2) is 34.1 Å². The molecule has 1 saturated heterocycles. The van der Waals surface area contributed by atoms with E-state index in [-0.39, 0.29) is 22.8 Å². The first-order valence-electron chi connectivity index (χ1n) is 9.85. The first-order chi connectivity index (χ1) is 13.5. The maximum absolute atomic E-state index is 13.4. The number of carboxylic acid groups (broad SMARTS) is 1. The van der Waals surface area contributed by atoms with Gasteiger partial charge in [-0.05, 0) is 48.3 Å². The van der Waals surface area contributed by atoms with E-state index in [2.05, 4.69) is 42.0 Å². The molecule has 0 radical (unpaired) electrons. The minimum absolute atomic E-state index is 0.103. The van der Waals surface area contributed by atoms with Crippen LogP contribution in [0, 0.1) is 10.8 Å². The van der Waals surface area contributed by atoms with Gasteiger partial charge in [0.05, 0.1) is 11.4 Å². The first kappa shape index (κ1) is 20.0. The van der Waals surface area contributed by atoms with Gasteiger partial charge >= 0.3 is 6.09 Å². The Labute approximate surface area is 178 Å². The fourth-order valence-corrected chi connectivity index (χ4v) is 5.76. The Balaban J connectivity index is 1.71. The molecule has 2 bridgehead atoms. The van der Waals surface area contributed by atoms with Gasteiger partial charge in [-0.15, -0.1) is 0 Å². The molecule has 1 heterocycles. The third-order valence-corrected chi connectivity index (χ3v) is 7.46. The molecule has 0 aromatic heterocycles. The van der Waals surface area contributed by atoms with Crippen LogP contribution < -0.4 is 11.1 Å². The summed E-state index contributed by atoms with van der Waals surface area (Å²) in [4.78, 5) is 26.8. The van der Waals surface area contributed by atoms with Gasteiger partial charge < -0.3 is 16.2 Å². The molecule has 0 spiro atoms. The number of anilines is 2. The molecule has 6 nitrogen and oxygen atoms in total. The smallest absolute Gasteiger partial charge is 0.408 e. The monoisotopic (exact) mass is 459 g/mol. The number of carbonyl (C=O) groups is 2. The van der Waals surface area contributed by atoms with Gasteiger partial charge in [-0.2, -0.15) is 0 Å². The summed E-state index contributed by atoms with van der Waals surface area (Å²) < 4.78 is 0.951. The van der Waals surface area contributed by atoms with Crippen LogP contribution in [-0.2, 0) is 4.79 Å². The van der Waals surface area contributed by atoms with Crippen molar-refractivity contribution in [2.45, 2.75) is 52.1 Å². The summed E-state index contributed by atoms with van der Waals surface area (Å²) in [6.07, 6.45) is 1.35. The third kappa shape index (κ3) is 2.98. The maximum atomic E-state index is 13.4. The number of nitrogens with one attached hydrogen (secondary N) is 1. The zero-order valence-corrected chi connectivity index (χ0v) is 18.4. The van der Waals surface area contributed by atoms with Crippen LogP contribution in [0.25, 0.3) is 10.8 Å². The lowest BCUT2D eigenvalue weighted by Crippen LogP contribution is -2.57. The molecule has 1 unspecified atom stereocenters. The zero-order chi connectivity index (χ0) is 21.1. The molecule has 2 fully saturated rings. The average Bonchev–Trinajstić information content (AvgIpc) is 3.22. The fraction of sp³-hybridized carbons (Fsp3) is 0.455. The van der Waals surface area contributed by atoms with E-state index in [0.29, 0.717) is 11.4 Å². The van der Waals surface area contributed by atoms with Crippen LogP contribution in [0.5, 0.6) is 0 Å². The van der Waals surface area contributed by atoms with Crippen molar-refractivity contribution >= 4 is 50.1 Å². The Morgan fingerprint density at radius 2 is 2.00 bits per heavy atom. The molecule has 2 aliphatic rings. The SMILES string of the molecule is CC(C)(C)C12CC[C@@H](C1)N(C(=O)O)[C@@H]2C(=O)Nc1ccc2cc(Br)ccc2c1N. The number of halogens is 1. The quantitative estimate of drug-likeness (QED) is 0.546. The molecule has 29 heavy (non-hydrogen) atoms. The number of piperidine rings is 1. The van der Waals surface area contributed by atoms with Crippen molar-refractivity contribution in [3.05, 3.63) is 34.8 Å². The van der Waals surface area contributed by atoms with E-state index in [9.17, 15) is 14.7 Å².